The highest BCUT2D eigenvalue weighted by molar-refractivity contribution is 5.06. The third kappa shape index (κ3) is 2.55. The summed E-state index contributed by atoms with van der Waals surface area (Å²) in [6.45, 7) is 3.63. The van der Waals surface area contributed by atoms with E-state index in [0.717, 1.165) is 25.0 Å². The normalized spacial score (nSPS) is 10.1. The molecule has 0 radical (unpaired) electrons. The lowest BCUT2D eigenvalue weighted by atomic mass is 10.2. The Balaban J connectivity index is 2.36. The summed E-state index contributed by atoms with van der Waals surface area (Å²) in [6.07, 6.45) is 4.89. The van der Waals surface area contributed by atoms with Crippen LogP contribution in [-0.2, 0) is 13.0 Å². The van der Waals surface area contributed by atoms with Crippen molar-refractivity contribution in [3.8, 4) is 0 Å². The van der Waals surface area contributed by atoms with Crippen LogP contribution >= 0.6 is 0 Å². The predicted octanol–water partition coefficient (Wildman–Crippen LogP) is 2.28. The maximum Gasteiger partial charge on any atom is 0.129 e. The van der Waals surface area contributed by atoms with Crippen molar-refractivity contribution < 1.29 is 9.52 Å². The van der Waals surface area contributed by atoms with Crippen LogP contribution in [0.1, 0.15) is 24.4 Å². The molecule has 0 aliphatic carbocycles. The summed E-state index contributed by atoms with van der Waals surface area (Å²) >= 11 is 0. The molecule has 1 rings (SSSR count). The molecule has 1 aromatic rings. The molecule has 66 valence electrons. The number of allylic oxidation sites excluding steroid dienone is 1. The molecule has 0 aromatic carbocycles. The van der Waals surface area contributed by atoms with Gasteiger partial charge in [-0.2, -0.15) is 0 Å². The van der Waals surface area contributed by atoms with E-state index in [0.29, 0.717) is 5.76 Å². The van der Waals surface area contributed by atoms with Gasteiger partial charge in [0.05, 0.1) is 0 Å². The number of hydrogen-bond donors (Lipinski definition) is 1. The van der Waals surface area contributed by atoms with Gasteiger partial charge in [0.15, 0.2) is 0 Å². The first kappa shape index (κ1) is 9.07. The number of hydrogen-bond acceptors (Lipinski definition) is 2. The molecule has 0 spiro atoms. The topological polar surface area (TPSA) is 33.4 Å². The molecule has 0 aliphatic heterocycles. The Morgan fingerprint density at radius 2 is 2.17 bits per heavy atom. The van der Waals surface area contributed by atoms with Crippen LogP contribution in [0.25, 0.3) is 0 Å². The average molecular weight is 166 g/mol. The van der Waals surface area contributed by atoms with Crippen molar-refractivity contribution in [1.29, 1.82) is 0 Å². The Morgan fingerprint density at radius 3 is 2.75 bits per heavy atom. The fourth-order valence-electron chi connectivity index (χ4n) is 1.06. The number of aliphatic hydroxyl groups excluding tert-OH is 1. The monoisotopic (exact) mass is 166 g/mol. The Bertz CT molecular complexity index is 238. The van der Waals surface area contributed by atoms with Gasteiger partial charge in [0.2, 0.25) is 0 Å². The molecule has 0 aliphatic rings. The lowest BCUT2D eigenvalue weighted by Crippen LogP contribution is -1.80. The maximum absolute atomic E-state index is 8.71. The molecular formula is C10H14O2. The lowest BCUT2D eigenvalue weighted by molar-refractivity contribution is 0.243. The molecule has 0 amide bonds. The van der Waals surface area contributed by atoms with Crippen LogP contribution in [0.3, 0.4) is 0 Å². The first-order valence-electron chi connectivity index (χ1n) is 4.16. The zero-order chi connectivity index (χ0) is 8.81. The fourth-order valence-corrected chi connectivity index (χ4v) is 1.06. The highest BCUT2D eigenvalue weighted by Gasteiger charge is 1.99. The number of unbranched alkanes of at least 4 members (excludes halogenated alkanes) is 1. The van der Waals surface area contributed by atoms with Gasteiger partial charge in [0, 0.05) is 6.42 Å². The van der Waals surface area contributed by atoms with E-state index in [1.807, 2.05) is 18.2 Å². The number of rotatable bonds is 5. The zero-order valence-electron chi connectivity index (χ0n) is 7.12. The third-order valence-corrected chi connectivity index (χ3v) is 1.70. The summed E-state index contributed by atoms with van der Waals surface area (Å²) in [4.78, 5) is 0. The van der Waals surface area contributed by atoms with Gasteiger partial charge in [-0.3, -0.25) is 0 Å². The van der Waals surface area contributed by atoms with Crippen molar-refractivity contribution in [3.05, 3.63) is 36.3 Å². The van der Waals surface area contributed by atoms with Crippen LogP contribution in [0.4, 0.5) is 0 Å². The van der Waals surface area contributed by atoms with Gasteiger partial charge < -0.3 is 9.52 Å². The second-order valence-corrected chi connectivity index (χ2v) is 2.71. The first-order valence-corrected chi connectivity index (χ1v) is 4.16. The van der Waals surface area contributed by atoms with Gasteiger partial charge in [-0.25, -0.2) is 0 Å². The molecule has 1 N–H and O–H groups in total. The molecule has 0 fully saturated rings. The minimum absolute atomic E-state index is 0.0124. The largest absolute Gasteiger partial charge is 0.464 e. The fraction of sp³-hybridized carbons (Fsp3) is 0.400. The van der Waals surface area contributed by atoms with E-state index in [9.17, 15) is 0 Å². The lowest BCUT2D eigenvalue weighted by Gasteiger charge is -1.93. The predicted molar refractivity (Wildman–Crippen MR) is 47.8 cm³/mol. The number of furan rings is 1. The standard InChI is InChI=1S/C10H14O2/c1-2-3-4-5-9-6-7-10(8-11)12-9/h2,6-7,11H,1,3-5,8H2. The summed E-state index contributed by atoms with van der Waals surface area (Å²) in [5.74, 6) is 1.59. The van der Waals surface area contributed by atoms with Crippen LogP contribution in [0, 0.1) is 0 Å². The van der Waals surface area contributed by atoms with E-state index in [1.54, 1.807) is 0 Å². The molecule has 0 saturated heterocycles. The highest BCUT2D eigenvalue weighted by atomic mass is 16.4. The first-order chi connectivity index (χ1) is 5.86. The van der Waals surface area contributed by atoms with E-state index in [2.05, 4.69) is 6.58 Å². The Labute approximate surface area is 72.5 Å². The van der Waals surface area contributed by atoms with Crippen LogP contribution in [0.2, 0.25) is 0 Å². The van der Waals surface area contributed by atoms with Crippen molar-refractivity contribution in [3.63, 3.8) is 0 Å². The van der Waals surface area contributed by atoms with Crippen molar-refractivity contribution in [2.45, 2.75) is 25.9 Å². The highest BCUT2D eigenvalue weighted by Crippen LogP contribution is 2.10. The smallest absolute Gasteiger partial charge is 0.129 e. The maximum atomic E-state index is 8.71. The summed E-state index contributed by atoms with van der Waals surface area (Å²) in [7, 11) is 0. The van der Waals surface area contributed by atoms with Gasteiger partial charge in [0.25, 0.3) is 0 Å². The summed E-state index contributed by atoms with van der Waals surface area (Å²) < 4.78 is 5.30. The van der Waals surface area contributed by atoms with E-state index in [4.69, 9.17) is 9.52 Å². The quantitative estimate of drug-likeness (QED) is 0.537. The second-order valence-electron chi connectivity index (χ2n) is 2.71. The molecule has 1 heterocycles. The van der Waals surface area contributed by atoms with E-state index in [1.165, 1.54) is 0 Å². The number of aliphatic hydroxyl groups is 1. The van der Waals surface area contributed by atoms with E-state index < -0.39 is 0 Å². The van der Waals surface area contributed by atoms with Gasteiger partial charge >= 0.3 is 0 Å². The average Bonchev–Trinajstić information content (AvgIpc) is 2.53. The number of aryl methyl sites for hydroxylation is 1. The van der Waals surface area contributed by atoms with E-state index in [-0.39, 0.29) is 6.61 Å². The molecule has 0 unspecified atom stereocenters. The van der Waals surface area contributed by atoms with Gasteiger partial charge in [-0.05, 0) is 25.0 Å². The van der Waals surface area contributed by atoms with Crippen molar-refractivity contribution in [2.24, 2.45) is 0 Å². The zero-order valence-corrected chi connectivity index (χ0v) is 7.12. The van der Waals surface area contributed by atoms with Crippen LogP contribution in [0.5, 0.6) is 0 Å². The minimum Gasteiger partial charge on any atom is -0.464 e. The Morgan fingerprint density at radius 1 is 1.42 bits per heavy atom. The molecule has 0 bridgehead atoms. The van der Waals surface area contributed by atoms with Crippen LogP contribution in [0.15, 0.2) is 29.2 Å². The minimum atomic E-state index is -0.0124. The molecule has 12 heavy (non-hydrogen) atoms. The van der Waals surface area contributed by atoms with Gasteiger partial charge in [0.1, 0.15) is 18.1 Å². The summed E-state index contributed by atoms with van der Waals surface area (Å²) in [5.41, 5.74) is 0. The van der Waals surface area contributed by atoms with E-state index >= 15 is 0 Å². The molecule has 0 atom stereocenters. The molecular weight excluding hydrogens is 152 g/mol. The molecule has 2 heteroatoms. The van der Waals surface area contributed by atoms with Crippen molar-refractivity contribution >= 4 is 0 Å². The second kappa shape index (κ2) is 4.78. The Hall–Kier alpha value is -1.02. The van der Waals surface area contributed by atoms with Crippen molar-refractivity contribution in [1.82, 2.24) is 0 Å². The van der Waals surface area contributed by atoms with Gasteiger partial charge in [-0.1, -0.05) is 6.08 Å². The van der Waals surface area contributed by atoms with Crippen LogP contribution < -0.4 is 0 Å². The SMILES string of the molecule is C=CCCCc1ccc(CO)o1. The molecule has 1 aromatic heterocycles. The molecule has 2 nitrogen and oxygen atoms in total. The Kier molecular flexibility index (Phi) is 3.61. The van der Waals surface area contributed by atoms with Crippen molar-refractivity contribution in [2.75, 3.05) is 0 Å². The van der Waals surface area contributed by atoms with Crippen LogP contribution in [-0.4, -0.2) is 5.11 Å². The van der Waals surface area contributed by atoms with Gasteiger partial charge in [-0.15, -0.1) is 6.58 Å². The molecule has 0 saturated carbocycles. The summed E-state index contributed by atoms with van der Waals surface area (Å²) in [6, 6.07) is 3.72. The third-order valence-electron chi connectivity index (χ3n) is 1.70. The summed E-state index contributed by atoms with van der Waals surface area (Å²) in [5, 5.41) is 8.71.